The van der Waals surface area contributed by atoms with Crippen molar-refractivity contribution < 1.29 is 19.5 Å². The van der Waals surface area contributed by atoms with Crippen molar-refractivity contribution in [2.24, 2.45) is 0 Å². The molecule has 3 amide bonds. The minimum absolute atomic E-state index is 0.224. The van der Waals surface area contributed by atoms with Crippen LogP contribution in [-0.2, 0) is 16.1 Å². The second kappa shape index (κ2) is 7.30. The Morgan fingerprint density at radius 3 is 2.55 bits per heavy atom. The number of carboxylic acid groups (broad SMARTS) is 1. The molecule has 0 saturated heterocycles. The lowest BCUT2D eigenvalue weighted by Gasteiger charge is -2.17. The molecule has 20 heavy (non-hydrogen) atoms. The van der Waals surface area contributed by atoms with Crippen molar-refractivity contribution in [3.05, 3.63) is 47.0 Å². The molecule has 7 heteroatoms. The van der Waals surface area contributed by atoms with Gasteiger partial charge in [-0.3, -0.25) is 10.1 Å². The second-order valence-electron chi connectivity index (χ2n) is 3.91. The zero-order valence-corrected chi connectivity index (χ0v) is 11.4. The molecule has 0 bridgehead atoms. The van der Waals surface area contributed by atoms with Crippen LogP contribution in [0.2, 0.25) is 5.02 Å². The van der Waals surface area contributed by atoms with Crippen molar-refractivity contribution in [2.75, 3.05) is 7.05 Å². The molecule has 6 nitrogen and oxygen atoms in total. The first kappa shape index (κ1) is 15.7. The highest BCUT2D eigenvalue weighted by atomic mass is 35.5. The van der Waals surface area contributed by atoms with Gasteiger partial charge in [-0.2, -0.15) is 0 Å². The van der Waals surface area contributed by atoms with E-state index in [1.807, 2.05) is 5.32 Å². The molecule has 1 aromatic carbocycles. The lowest BCUT2D eigenvalue weighted by Crippen LogP contribution is -2.39. The summed E-state index contributed by atoms with van der Waals surface area (Å²) in [5.74, 6) is -2.07. The highest BCUT2D eigenvalue weighted by Gasteiger charge is 2.12. The SMILES string of the molecule is CN(Cc1ccccc1Cl)C(=O)NC(=O)C=CC(=O)O. The average Bonchev–Trinajstić information content (AvgIpc) is 2.39. The topological polar surface area (TPSA) is 86.7 Å². The van der Waals surface area contributed by atoms with Gasteiger partial charge in [0.2, 0.25) is 0 Å². The van der Waals surface area contributed by atoms with E-state index in [0.717, 1.165) is 11.6 Å². The molecule has 0 spiro atoms. The van der Waals surface area contributed by atoms with Crippen molar-refractivity contribution in [1.29, 1.82) is 0 Å². The van der Waals surface area contributed by atoms with Crippen LogP contribution in [-0.4, -0.2) is 35.0 Å². The number of nitrogens with zero attached hydrogens (tertiary/aromatic N) is 1. The van der Waals surface area contributed by atoms with Crippen LogP contribution >= 0.6 is 11.6 Å². The fourth-order valence-electron chi connectivity index (χ4n) is 1.34. The van der Waals surface area contributed by atoms with Gasteiger partial charge in [-0.1, -0.05) is 29.8 Å². The normalized spacial score (nSPS) is 10.3. The average molecular weight is 297 g/mol. The summed E-state index contributed by atoms with van der Waals surface area (Å²) < 4.78 is 0. The van der Waals surface area contributed by atoms with Crippen LogP contribution in [0.3, 0.4) is 0 Å². The van der Waals surface area contributed by atoms with Crippen LogP contribution in [0.1, 0.15) is 5.56 Å². The molecule has 0 fully saturated rings. The molecule has 2 N–H and O–H groups in total. The highest BCUT2D eigenvalue weighted by Crippen LogP contribution is 2.16. The fourth-order valence-corrected chi connectivity index (χ4v) is 1.54. The number of rotatable bonds is 4. The maximum absolute atomic E-state index is 11.7. The summed E-state index contributed by atoms with van der Waals surface area (Å²) in [7, 11) is 1.49. The number of halogens is 1. The van der Waals surface area contributed by atoms with E-state index in [1.54, 1.807) is 24.3 Å². The number of amides is 3. The third-order valence-electron chi connectivity index (χ3n) is 2.32. The maximum Gasteiger partial charge on any atom is 0.328 e. The largest absolute Gasteiger partial charge is 0.478 e. The van der Waals surface area contributed by atoms with Crippen molar-refractivity contribution in [3.8, 4) is 0 Å². The standard InChI is InChI=1S/C13H13ClN2O4/c1-16(8-9-4-2-3-5-10(9)14)13(20)15-11(17)6-7-12(18)19/h2-7H,8H2,1H3,(H,18,19)(H,15,17,20). The van der Waals surface area contributed by atoms with Crippen LogP contribution in [0.5, 0.6) is 0 Å². The van der Waals surface area contributed by atoms with Gasteiger partial charge >= 0.3 is 12.0 Å². The molecule has 106 valence electrons. The zero-order chi connectivity index (χ0) is 15.1. The van der Waals surface area contributed by atoms with Crippen LogP contribution in [0.4, 0.5) is 4.79 Å². The van der Waals surface area contributed by atoms with Crippen molar-refractivity contribution in [2.45, 2.75) is 6.54 Å². The number of hydrogen-bond acceptors (Lipinski definition) is 3. The van der Waals surface area contributed by atoms with Gasteiger partial charge in [0.05, 0.1) is 0 Å². The van der Waals surface area contributed by atoms with Crippen LogP contribution in [0.25, 0.3) is 0 Å². The Bertz CT molecular complexity index is 557. The Hall–Kier alpha value is -2.34. The van der Waals surface area contributed by atoms with E-state index < -0.39 is 17.9 Å². The van der Waals surface area contributed by atoms with Gasteiger partial charge in [0.25, 0.3) is 5.91 Å². The Morgan fingerprint density at radius 2 is 1.95 bits per heavy atom. The molecule has 0 heterocycles. The first-order valence-corrected chi connectivity index (χ1v) is 5.98. The summed E-state index contributed by atoms with van der Waals surface area (Å²) in [6.45, 7) is 0.224. The van der Waals surface area contributed by atoms with E-state index in [4.69, 9.17) is 16.7 Å². The summed E-state index contributed by atoms with van der Waals surface area (Å²) in [6.07, 6.45) is 1.42. The summed E-state index contributed by atoms with van der Waals surface area (Å²) in [5.41, 5.74) is 0.736. The molecule has 0 atom stereocenters. The van der Waals surface area contributed by atoms with E-state index in [9.17, 15) is 14.4 Å². The monoisotopic (exact) mass is 296 g/mol. The molecular weight excluding hydrogens is 284 g/mol. The van der Waals surface area contributed by atoms with Crippen molar-refractivity contribution in [3.63, 3.8) is 0 Å². The fraction of sp³-hybridized carbons (Fsp3) is 0.154. The number of aliphatic carboxylic acids is 1. The minimum Gasteiger partial charge on any atom is -0.478 e. The number of benzene rings is 1. The number of urea groups is 1. The first-order valence-electron chi connectivity index (χ1n) is 5.60. The van der Waals surface area contributed by atoms with E-state index in [0.29, 0.717) is 11.1 Å². The first-order chi connectivity index (χ1) is 9.40. The number of nitrogens with one attached hydrogen (secondary N) is 1. The number of carbonyl (C=O) groups is 3. The van der Waals surface area contributed by atoms with Crippen LogP contribution < -0.4 is 5.32 Å². The van der Waals surface area contributed by atoms with Gasteiger partial charge < -0.3 is 10.0 Å². The van der Waals surface area contributed by atoms with Crippen molar-refractivity contribution >= 4 is 29.5 Å². The predicted molar refractivity (Wildman–Crippen MR) is 73.2 cm³/mol. The van der Waals surface area contributed by atoms with Crippen LogP contribution in [0, 0.1) is 0 Å². The third kappa shape index (κ3) is 5.11. The molecule has 0 radical (unpaired) electrons. The Labute approximate surface area is 120 Å². The molecule has 0 aliphatic heterocycles. The van der Waals surface area contributed by atoms with Gasteiger partial charge in [-0.05, 0) is 11.6 Å². The van der Waals surface area contributed by atoms with Crippen LogP contribution in [0.15, 0.2) is 36.4 Å². The summed E-state index contributed by atoms with van der Waals surface area (Å²) in [6, 6.07) is 6.37. The zero-order valence-electron chi connectivity index (χ0n) is 10.7. The molecule has 0 aromatic heterocycles. The highest BCUT2D eigenvalue weighted by molar-refractivity contribution is 6.31. The summed E-state index contributed by atoms with van der Waals surface area (Å²) >= 11 is 5.96. The van der Waals surface area contributed by atoms with Gasteiger partial charge in [0.15, 0.2) is 0 Å². The number of carbonyl (C=O) groups excluding carboxylic acids is 2. The minimum atomic E-state index is -1.27. The van der Waals surface area contributed by atoms with E-state index in [1.165, 1.54) is 11.9 Å². The van der Waals surface area contributed by atoms with Gasteiger partial charge in [-0.15, -0.1) is 0 Å². The van der Waals surface area contributed by atoms with E-state index in [2.05, 4.69) is 0 Å². The Morgan fingerprint density at radius 1 is 1.30 bits per heavy atom. The molecule has 0 aliphatic carbocycles. The quantitative estimate of drug-likeness (QED) is 0.827. The Balaban J connectivity index is 2.58. The second-order valence-corrected chi connectivity index (χ2v) is 4.32. The molecule has 1 aromatic rings. The van der Waals surface area contributed by atoms with Gasteiger partial charge in [-0.25, -0.2) is 9.59 Å². The van der Waals surface area contributed by atoms with E-state index in [-0.39, 0.29) is 6.54 Å². The molecule has 0 unspecified atom stereocenters. The number of hydrogen-bond donors (Lipinski definition) is 2. The lowest BCUT2D eigenvalue weighted by molar-refractivity contribution is -0.131. The molecular formula is C13H13ClN2O4. The van der Waals surface area contributed by atoms with Gasteiger partial charge in [0.1, 0.15) is 0 Å². The smallest absolute Gasteiger partial charge is 0.328 e. The number of carboxylic acids is 1. The molecule has 0 aliphatic rings. The summed E-state index contributed by atoms with van der Waals surface area (Å²) in [5, 5.41) is 10.9. The Kier molecular flexibility index (Phi) is 5.74. The predicted octanol–water partition coefficient (Wildman–Crippen LogP) is 1.65. The van der Waals surface area contributed by atoms with E-state index >= 15 is 0 Å². The van der Waals surface area contributed by atoms with Gasteiger partial charge in [0, 0.05) is 30.8 Å². The lowest BCUT2D eigenvalue weighted by atomic mass is 10.2. The maximum atomic E-state index is 11.7. The summed E-state index contributed by atoms with van der Waals surface area (Å²) in [4.78, 5) is 34.4. The van der Waals surface area contributed by atoms with Crippen molar-refractivity contribution in [1.82, 2.24) is 10.2 Å². The molecule has 1 rings (SSSR count). The molecule has 0 saturated carbocycles. The number of imide groups is 1. The third-order valence-corrected chi connectivity index (χ3v) is 2.69.